The Balaban J connectivity index is 1.52. The van der Waals surface area contributed by atoms with Gasteiger partial charge in [-0.05, 0) is 48.1 Å². The fraction of sp³-hybridized carbons (Fsp3) is 0.250. The van der Waals surface area contributed by atoms with Crippen LogP contribution in [0.4, 0.5) is 13.2 Å². The number of imidazole rings is 1. The molecule has 0 radical (unpaired) electrons. The summed E-state index contributed by atoms with van der Waals surface area (Å²) in [6.45, 7) is -1.36. The number of benzene rings is 1. The molecule has 3 aromatic heterocycles. The maximum Gasteiger partial charge on any atom is 0.422 e. The molecule has 0 unspecified atom stereocenters. The van der Waals surface area contributed by atoms with E-state index in [0.29, 0.717) is 10.7 Å². The molecule has 1 aliphatic rings. The standard InChI is InChI=1S/C20H14ClF3N4O/c21-17-9-15(19-26-4-5-28(19)27-17)14-8-13(14)12-6-11-2-1-3-25-18(11)16(7-12)29-10-20(22,23)24/h1-7,9,13-14H,8,10H2/t13-,14+/m1/s1. The molecule has 148 valence electrons. The van der Waals surface area contributed by atoms with Crippen LogP contribution >= 0.6 is 11.6 Å². The lowest BCUT2D eigenvalue weighted by atomic mass is 10.0. The van der Waals surface area contributed by atoms with E-state index in [2.05, 4.69) is 15.1 Å². The number of fused-ring (bicyclic) bond motifs is 2. The maximum absolute atomic E-state index is 12.7. The van der Waals surface area contributed by atoms with Crippen molar-refractivity contribution in [2.24, 2.45) is 0 Å². The van der Waals surface area contributed by atoms with Crippen molar-refractivity contribution in [2.45, 2.75) is 24.4 Å². The van der Waals surface area contributed by atoms with E-state index in [-0.39, 0.29) is 17.6 Å². The predicted molar refractivity (Wildman–Crippen MR) is 101 cm³/mol. The Morgan fingerprint density at radius 1 is 1.14 bits per heavy atom. The SMILES string of the molecule is FC(F)(F)COc1cc([C@H]2C[C@@H]2c2cc(Cl)nn3ccnc23)cc2cccnc12. The summed E-state index contributed by atoms with van der Waals surface area (Å²) in [4.78, 5) is 8.55. The number of pyridine rings is 1. The van der Waals surface area contributed by atoms with Crippen LogP contribution in [0, 0.1) is 0 Å². The van der Waals surface area contributed by atoms with Crippen molar-refractivity contribution in [3.05, 3.63) is 65.2 Å². The summed E-state index contributed by atoms with van der Waals surface area (Å²) in [5.41, 5.74) is 3.03. The highest BCUT2D eigenvalue weighted by Crippen LogP contribution is 2.56. The number of ether oxygens (including phenoxy) is 1. The van der Waals surface area contributed by atoms with Crippen LogP contribution in [0.2, 0.25) is 5.15 Å². The van der Waals surface area contributed by atoms with Crippen molar-refractivity contribution in [3.8, 4) is 5.75 Å². The van der Waals surface area contributed by atoms with Crippen LogP contribution in [0.25, 0.3) is 16.6 Å². The monoisotopic (exact) mass is 418 g/mol. The first-order valence-corrected chi connectivity index (χ1v) is 9.35. The summed E-state index contributed by atoms with van der Waals surface area (Å²) >= 11 is 6.14. The van der Waals surface area contributed by atoms with E-state index in [4.69, 9.17) is 16.3 Å². The van der Waals surface area contributed by atoms with E-state index in [1.165, 1.54) is 6.20 Å². The second-order valence-electron chi connectivity index (χ2n) is 7.06. The van der Waals surface area contributed by atoms with Crippen LogP contribution in [-0.4, -0.2) is 32.4 Å². The van der Waals surface area contributed by atoms with Gasteiger partial charge in [-0.25, -0.2) is 9.50 Å². The summed E-state index contributed by atoms with van der Waals surface area (Å²) in [5.74, 6) is 0.427. The third kappa shape index (κ3) is 3.48. The highest BCUT2D eigenvalue weighted by atomic mass is 35.5. The molecule has 1 aromatic carbocycles. The molecule has 0 saturated heterocycles. The van der Waals surface area contributed by atoms with E-state index in [1.54, 1.807) is 35.1 Å². The van der Waals surface area contributed by atoms with Crippen molar-refractivity contribution in [1.29, 1.82) is 0 Å². The molecule has 0 aliphatic heterocycles. The van der Waals surface area contributed by atoms with Gasteiger partial charge in [0.1, 0.15) is 16.4 Å². The van der Waals surface area contributed by atoms with E-state index in [9.17, 15) is 13.2 Å². The molecule has 1 fully saturated rings. The van der Waals surface area contributed by atoms with Crippen LogP contribution in [0.15, 0.2) is 48.9 Å². The van der Waals surface area contributed by atoms with Crippen molar-refractivity contribution >= 4 is 28.2 Å². The van der Waals surface area contributed by atoms with Gasteiger partial charge in [0.25, 0.3) is 0 Å². The molecule has 5 rings (SSSR count). The molecule has 4 aromatic rings. The highest BCUT2D eigenvalue weighted by Gasteiger charge is 2.42. The Morgan fingerprint density at radius 3 is 2.83 bits per heavy atom. The molecular formula is C20H14ClF3N4O. The lowest BCUT2D eigenvalue weighted by Crippen LogP contribution is -2.19. The zero-order chi connectivity index (χ0) is 20.2. The number of hydrogen-bond donors (Lipinski definition) is 0. The first kappa shape index (κ1) is 18.2. The van der Waals surface area contributed by atoms with Crippen molar-refractivity contribution in [3.63, 3.8) is 0 Å². The Hall–Kier alpha value is -2.87. The van der Waals surface area contributed by atoms with Crippen LogP contribution in [-0.2, 0) is 0 Å². The number of aromatic nitrogens is 4. The van der Waals surface area contributed by atoms with Gasteiger partial charge in [-0.3, -0.25) is 4.98 Å². The van der Waals surface area contributed by atoms with Gasteiger partial charge in [-0.15, -0.1) is 0 Å². The minimum atomic E-state index is -4.42. The Bertz CT molecular complexity index is 1220. The zero-order valence-corrected chi connectivity index (χ0v) is 15.7. The number of halogens is 4. The van der Waals surface area contributed by atoms with Crippen LogP contribution < -0.4 is 4.74 Å². The second-order valence-corrected chi connectivity index (χ2v) is 7.45. The summed E-state index contributed by atoms with van der Waals surface area (Å²) in [6.07, 6.45) is 1.35. The molecule has 0 spiro atoms. The fourth-order valence-corrected chi connectivity index (χ4v) is 3.95. The van der Waals surface area contributed by atoms with Gasteiger partial charge in [0.2, 0.25) is 0 Å². The molecule has 0 amide bonds. The highest BCUT2D eigenvalue weighted by molar-refractivity contribution is 6.29. The molecule has 0 N–H and O–H groups in total. The van der Waals surface area contributed by atoms with Gasteiger partial charge in [-0.2, -0.15) is 18.3 Å². The largest absolute Gasteiger partial charge is 0.482 e. The molecule has 0 bridgehead atoms. The van der Waals surface area contributed by atoms with Crippen LogP contribution in [0.3, 0.4) is 0 Å². The molecule has 29 heavy (non-hydrogen) atoms. The molecule has 5 nitrogen and oxygen atoms in total. The quantitative estimate of drug-likeness (QED) is 0.460. The first-order valence-electron chi connectivity index (χ1n) is 8.97. The summed E-state index contributed by atoms with van der Waals surface area (Å²) in [6, 6.07) is 9.00. The topological polar surface area (TPSA) is 52.3 Å². The summed E-state index contributed by atoms with van der Waals surface area (Å²) < 4.78 is 44.8. The predicted octanol–water partition coefficient (Wildman–Crippen LogP) is 5.14. The normalized spacial score (nSPS) is 19.0. The Morgan fingerprint density at radius 2 is 2.00 bits per heavy atom. The van der Waals surface area contributed by atoms with Gasteiger partial charge in [0, 0.05) is 29.5 Å². The lowest BCUT2D eigenvalue weighted by Gasteiger charge is -2.13. The number of nitrogens with zero attached hydrogens (tertiary/aromatic N) is 4. The van der Waals surface area contributed by atoms with Gasteiger partial charge in [-0.1, -0.05) is 17.7 Å². The zero-order valence-electron chi connectivity index (χ0n) is 14.9. The average molecular weight is 419 g/mol. The molecule has 9 heteroatoms. The van der Waals surface area contributed by atoms with E-state index >= 15 is 0 Å². The molecule has 1 saturated carbocycles. The minimum Gasteiger partial charge on any atom is -0.482 e. The minimum absolute atomic E-state index is 0.131. The van der Waals surface area contributed by atoms with Crippen LogP contribution in [0.5, 0.6) is 5.75 Å². The number of alkyl halides is 3. The van der Waals surface area contributed by atoms with Crippen molar-refractivity contribution in [1.82, 2.24) is 19.6 Å². The second kappa shape index (κ2) is 6.59. The third-order valence-corrected chi connectivity index (χ3v) is 5.24. The third-order valence-electron chi connectivity index (χ3n) is 5.06. The molecular weight excluding hydrogens is 405 g/mol. The van der Waals surface area contributed by atoms with E-state index in [1.807, 2.05) is 12.1 Å². The van der Waals surface area contributed by atoms with Gasteiger partial charge < -0.3 is 4.74 Å². The van der Waals surface area contributed by atoms with Gasteiger partial charge in [0.15, 0.2) is 12.3 Å². The fourth-order valence-electron chi connectivity index (χ4n) is 3.75. The number of hydrogen-bond acceptors (Lipinski definition) is 4. The van der Waals surface area contributed by atoms with Gasteiger partial charge in [0.05, 0.1) is 0 Å². The molecule has 3 heterocycles. The maximum atomic E-state index is 12.7. The van der Waals surface area contributed by atoms with Gasteiger partial charge >= 0.3 is 6.18 Å². The van der Waals surface area contributed by atoms with Crippen molar-refractivity contribution in [2.75, 3.05) is 6.61 Å². The molecule has 1 aliphatic carbocycles. The Kier molecular flexibility index (Phi) is 4.13. The smallest absolute Gasteiger partial charge is 0.422 e. The summed E-state index contributed by atoms with van der Waals surface area (Å²) in [7, 11) is 0. The molecule has 2 atom stereocenters. The van der Waals surface area contributed by atoms with E-state index < -0.39 is 12.8 Å². The average Bonchev–Trinajstić information content (AvgIpc) is 3.34. The Labute approximate surface area is 168 Å². The first-order chi connectivity index (χ1) is 13.9. The summed E-state index contributed by atoms with van der Waals surface area (Å²) in [5, 5.41) is 5.30. The lowest BCUT2D eigenvalue weighted by molar-refractivity contribution is -0.153. The van der Waals surface area contributed by atoms with Crippen molar-refractivity contribution < 1.29 is 17.9 Å². The number of rotatable bonds is 4. The van der Waals surface area contributed by atoms with E-state index in [0.717, 1.165) is 28.6 Å². The van der Waals surface area contributed by atoms with Crippen LogP contribution in [0.1, 0.15) is 29.4 Å².